The normalized spacial score (nSPS) is 17.2. The molecule has 0 spiro atoms. The number of rotatable bonds is 7. The van der Waals surface area contributed by atoms with Gasteiger partial charge in [0.2, 0.25) is 5.91 Å². The number of benzene rings is 1. The van der Waals surface area contributed by atoms with E-state index in [1.165, 1.54) is 11.0 Å². The molecule has 0 bridgehead atoms. The van der Waals surface area contributed by atoms with Crippen molar-refractivity contribution in [1.29, 1.82) is 0 Å². The topological polar surface area (TPSA) is 66.0 Å². The molecule has 7 heteroatoms. The second-order valence-electron chi connectivity index (χ2n) is 6.81. The Bertz CT molecular complexity index is 628. The zero-order chi connectivity index (χ0) is 18.9. The second kappa shape index (κ2) is 10.1. The molecule has 0 radical (unpaired) electrons. The number of carbonyl (C=O) groups excluding carboxylic acids is 1. The third kappa shape index (κ3) is 6.63. The monoisotopic (exact) mass is 364 g/mol. The Morgan fingerprint density at radius 1 is 1.38 bits per heavy atom. The van der Waals surface area contributed by atoms with Crippen LogP contribution >= 0.6 is 0 Å². The van der Waals surface area contributed by atoms with Crippen LogP contribution in [0.25, 0.3) is 0 Å². The van der Waals surface area contributed by atoms with Crippen LogP contribution in [-0.2, 0) is 16.0 Å². The molecule has 0 aliphatic carbocycles. The summed E-state index contributed by atoms with van der Waals surface area (Å²) in [5, 5.41) is 6.56. The van der Waals surface area contributed by atoms with Gasteiger partial charge in [-0.3, -0.25) is 4.79 Å². The highest BCUT2D eigenvalue weighted by molar-refractivity contribution is 5.84. The van der Waals surface area contributed by atoms with Crippen LogP contribution in [0.4, 0.5) is 4.39 Å². The number of amides is 1. The molecule has 2 rings (SSSR count). The molecule has 26 heavy (non-hydrogen) atoms. The van der Waals surface area contributed by atoms with Gasteiger partial charge in [0, 0.05) is 39.7 Å². The van der Waals surface area contributed by atoms with Crippen LogP contribution in [-0.4, -0.2) is 63.7 Å². The summed E-state index contributed by atoms with van der Waals surface area (Å²) in [6, 6.07) is 4.83. The van der Waals surface area contributed by atoms with Crippen molar-refractivity contribution in [3.8, 4) is 0 Å². The molecular formula is C19H29FN4O2. The van der Waals surface area contributed by atoms with E-state index in [1.807, 2.05) is 13.0 Å². The molecule has 1 aliphatic heterocycles. The zero-order valence-corrected chi connectivity index (χ0v) is 15.8. The molecule has 2 N–H and O–H groups in total. The fourth-order valence-corrected chi connectivity index (χ4v) is 2.70. The van der Waals surface area contributed by atoms with Gasteiger partial charge in [-0.15, -0.1) is 0 Å². The lowest BCUT2D eigenvalue weighted by molar-refractivity contribution is -0.127. The van der Waals surface area contributed by atoms with Crippen LogP contribution in [0.5, 0.6) is 0 Å². The van der Waals surface area contributed by atoms with Crippen molar-refractivity contribution in [2.75, 3.05) is 46.9 Å². The molecule has 144 valence electrons. The lowest BCUT2D eigenvalue weighted by Crippen LogP contribution is -2.41. The Kier molecular flexibility index (Phi) is 7.84. The Morgan fingerprint density at radius 2 is 2.19 bits per heavy atom. The number of likely N-dealkylation sites (N-methyl/N-ethyl adjacent to an activating group) is 1. The summed E-state index contributed by atoms with van der Waals surface area (Å²) in [5.74, 6) is 0.812. The molecule has 0 saturated carbocycles. The van der Waals surface area contributed by atoms with Crippen LogP contribution in [0, 0.1) is 18.7 Å². The minimum absolute atomic E-state index is 0.0512. The van der Waals surface area contributed by atoms with Gasteiger partial charge in [-0.25, -0.2) is 9.38 Å². The van der Waals surface area contributed by atoms with Crippen molar-refractivity contribution in [3.63, 3.8) is 0 Å². The SMILES string of the molecule is Cc1cc(F)ccc1CCNC(=NCC(=O)N(C)C)NCC1CCOC1. The smallest absolute Gasteiger partial charge is 0.243 e. The highest BCUT2D eigenvalue weighted by atomic mass is 19.1. The van der Waals surface area contributed by atoms with Crippen LogP contribution in [0.2, 0.25) is 0 Å². The molecule has 0 aromatic heterocycles. The average molecular weight is 364 g/mol. The standard InChI is InChI=1S/C19H29FN4O2/c1-14-10-17(20)5-4-16(14)6-8-21-19(23-12-18(25)24(2)3)22-11-15-7-9-26-13-15/h4-5,10,15H,6-9,11-13H2,1-3H3,(H2,21,22,23). The maximum absolute atomic E-state index is 13.2. The van der Waals surface area contributed by atoms with Crippen molar-refractivity contribution in [2.24, 2.45) is 10.9 Å². The van der Waals surface area contributed by atoms with E-state index in [9.17, 15) is 9.18 Å². The van der Waals surface area contributed by atoms with Gasteiger partial charge in [0.25, 0.3) is 0 Å². The molecule has 1 unspecified atom stereocenters. The number of aliphatic imine (C=N–C) groups is 1. The molecule has 1 aromatic carbocycles. The van der Waals surface area contributed by atoms with E-state index >= 15 is 0 Å². The van der Waals surface area contributed by atoms with Crippen molar-refractivity contribution in [3.05, 3.63) is 35.1 Å². The van der Waals surface area contributed by atoms with Gasteiger partial charge >= 0.3 is 0 Å². The summed E-state index contributed by atoms with van der Waals surface area (Å²) in [5.41, 5.74) is 2.02. The molecule has 1 aromatic rings. The van der Waals surface area contributed by atoms with Crippen LogP contribution in [0.3, 0.4) is 0 Å². The maximum atomic E-state index is 13.2. The fraction of sp³-hybridized carbons (Fsp3) is 0.579. The van der Waals surface area contributed by atoms with Gasteiger partial charge in [0.1, 0.15) is 12.4 Å². The minimum Gasteiger partial charge on any atom is -0.381 e. The van der Waals surface area contributed by atoms with Crippen molar-refractivity contribution in [1.82, 2.24) is 15.5 Å². The first-order valence-electron chi connectivity index (χ1n) is 9.01. The molecule has 1 heterocycles. The van der Waals surface area contributed by atoms with Gasteiger partial charge in [0.05, 0.1) is 6.61 Å². The number of aryl methyl sites for hydroxylation is 1. The van der Waals surface area contributed by atoms with E-state index in [0.29, 0.717) is 18.4 Å². The second-order valence-corrected chi connectivity index (χ2v) is 6.81. The number of halogens is 1. The van der Waals surface area contributed by atoms with E-state index in [1.54, 1.807) is 20.2 Å². The van der Waals surface area contributed by atoms with E-state index in [2.05, 4.69) is 15.6 Å². The summed E-state index contributed by atoms with van der Waals surface area (Å²) in [6.07, 6.45) is 1.78. The third-order valence-electron chi connectivity index (χ3n) is 4.44. The summed E-state index contributed by atoms with van der Waals surface area (Å²) in [4.78, 5) is 17.7. The van der Waals surface area contributed by atoms with Crippen LogP contribution < -0.4 is 10.6 Å². The van der Waals surface area contributed by atoms with Crippen LogP contribution in [0.1, 0.15) is 17.5 Å². The van der Waals surface area contributed by atoms with Crippen molar-refractivity contribution < 1.29 is 13.9 Å². The van der Waals surface area contributed by atoms with Gasteiger partial charge in [-0.2, -0.15) is 0 Å². The highest BCUT2D eigenvalue weighted by Crippen LogP contribution is 2.11. The largest absolute Gasteiger partial charge is 0.381 e. The van der Waals surface area contributed by atoms with Crippen molar-refractivity contribution in [2.45, 2.75) is 19.8 Å². The number of nitrogens with zero attached hydrogens (tertiary/aromatic N) is 2. The number of hydrogen-bond donors (Lipinski definition) is 2. The molecular weight excluding hydrogens is 335 g/mol. The molecule has 1 amide bonds. The number of guanidine groups is 1. The summed E-state index contributed by atoms with van der Waals surface area (Å²) in [6.45, 7) is 4.97. The summed E-state index contributed by atoms with van der Waals surface area (Å²) >= 11 is 0. The first-order chi connectivity index (χ1) is 12.5. The number of nitrogens with one attached hydrogen (secondary N) is 2. The fourth-order valence-electron chi connectivity index (χ4n) is 2.70. The summed E-state index contributed by atoms with van der Waals surface area (Å²) < 4.78 is 18.6. The quantitative estimate of drug-likeness (QED) is 0.566. The van der Waals surface area contributed by atoms with Crippen molar-refractivity contribution >= 4 is 11.9 Å². The number of ether oxygens (including phenoxy) is 1. The summed E-state index contributed by atoms with van der Waals surface area (Å²) in [7, 11) is 3.43. The first kappa shape index (κ1) is 20.2. The van der Waals surface area contributed by atoms with Gasteiger partial charge in [0.15, 0.2) is 5.96 Å². The van der Waals surface area contributed by atoms with Gasteiger partial charge in [-0.1, -0.05) is 6.07 Å². The Hall–Kier alpha value is -2.15. The van der Waals surface area contributed by atoms with Gasteiger partial charge < -0.3 is 20.3 Å². The lowest BCUT2D eigenvalue weighted by Gasteiger charge is -2.16. The minimum atomic E-state index is -0.218. The first-order valence-corrected chi connectivity index (χ1v) is 9.01. The van der Waals surface area contributed by atoms with E-state index < -0.39 is 0 Å². The molecule has 1 fully saturated rings. The Morgan fingerprint density at radius 3 is 2.85 bits per heavy atom. The molecule has 1 aliphatic rings. The Balaban J connectivity index is 1.88. The number of carbonyl (C=O) groups is 1. The average Bonchev–Trinajstić information content (AvgIpc) is 3.11. The lowest BCUT2D eigenvalue weighted by atomic mass is 10.1. The van der Waals surface area contributed by atoms with Gasteiger partial charge in [-0.05, 0) is 43.0 Å². The number of hydrogen-bond acceptors (Lipinski definition) is 3. The third-order valence-corrected chi connectivity index (χ3v) is 4.44. The highest BCUT2D eigenvalue weighted by Gasteiger charge is 2.16. The van der Waals surface area contributed by atoms with Crippen LogP contribution in [0.15, 0.2) is 23.2 Å². The zero-order valence-electron chi connectivity index (χ0n) is 15.8. The Labute approximate surface area is 154 Å². The van der Waals surface area contributed by atoms with E-state index in [-0.39, 0.29) is 18.3 Å². The predicted octanol–water partition coefficient (Wildman–Crippen LogP) is 1.34. The predicted molar refractivity (Wildman–Crippen MR) is 101 cm³/mol. The van der Waals surface area contributed by atoms with E-state index in [0.717, 1.165) is 43.7 Å². The molecule has 1 saturated heterocycles. The molecule has 1 atom stereocenters. The molecule has 6 nitrogen and oxygen atoms in total. The maximum Gasteiger partial charge on any atom is 0.243 e. The van der Waals surface area contributed by atoms with E-state index in [4.69, 9.17) is 4.74 Å².